The van der Waals surface area contributed by atoms with Crippen LogP contribution in [0.4, 0.5) is 4.39 Å². The zero-order chi connectivity index (χ0) is 14.1. The third kappa shape index (κ3) is 2.40. The van der Waals surface area contributed by atoms with E-state index in [0.29, 0.717) is 17.0 Å². The van der Waals surface area contributed by atoms with Crippen LogP contribution in [0.5, 0.6) is 0 Å². The van der Waals surface area contributed by atoms with Crippen LogP contribution in [-0.4, -0.2) is 10.1 Å². The van der Waals surface area contributed by atoms with Crippen LogP contribution in [0.3, 0.4) is 0 Å². The van der Waals surface area contributed by atoms with E-state index in [9.17, 15) is 9.50 Å². The minimum absolute atomic E-state index is 0.0147. The van der Waals surface area contributed by atoms with Crippen molar-refractivity contribution in [2.75, 3.05) is 0 Å². The van der Waals surface area contributed by atoms with Gasteiger partial charge < -0.3 is 9.52 Å². The molecule has 0 saturated heterocycles. The van der Waals surface area contributed by atoms with E-state index in [1.54, 1.807) is 12.1 Å². The molecule has 2 aromatic carbocycles. The minimum atomic E-state index is -1.05. The van der Waals surface area contributed by atoms with Crippen molar-refractivity contribution in [3.8, 4) is 0 Å². The summed E-state index contributed by atoms with van der Waals surface area (Å²) in [6, 6.07) is 11.8. The fourth-order valence-corrected chi connectivity index (χ4v) is 2.24. The number of nitrogens with zero attached hydrogens (tertiary/aromatic N) is 1. The van der Waals surface area contributed by atoms with E-state index in [4.69, 9.17) is 16.0 Å². The summed E-state index contributed by atoms with van der Waals surface area (Å²) in [7, 11) is 0. The number of hydrogen-bond donors (Lipinski definition) is 1. The smallest absolute Gasteiger partial charge is 0.198 e. The van der Waals surface area contributed by atoms with Gasteiger partial charge in [-0.1, -0.05) is 35.9 Å². The molecule has 0 aliphatic rings. The first-order chi connectivity index (χ1) is 9.65. The van der Waals surface area contributed by atoms with Crippen LogP contribution in [0.2, 0.25) is 5.02 Å². The van der Waals surface area contributed by atoms with E-state index in [1.165, 1.54) is 12.1 Å². The van der Waals surface area contributed by atoms with Crippen molar-refractivity contribution in [2.45, 2.75) is 12.5 Å². The van der Waals surface area contributed by atoms with Gasteiger partial charge in [-0.05, 0) is 18.2 Å². The lowest BCUT2D eigenvalue weighted by Gasteiger charge is -2.10. The van der Waals surface area contributed by atoms with Crippen molar-refractivity contribution < 1.29 is 13.9 Å². The first-order valence-electron chi connectivity index (χ1n) is 6.11. The van der Waals surface area contributed by atoms with E-state index in [-0.39, 0.29) is 17.0 Å². The predicted octanol–water partition coefficient (Wildman–Crippen LogP) is 3.90. The number of oxazole rings is 1. The average Bonchev–Trinajstić information content (AvgIpc) is 2.83. The first kappa shape index (κ1) is 13.1. The van der Waals surface area contributed by atoms with Crippen LogP contribution in [-0.2, 0) is 6.42 Å². The zero-order valence-electron chi connectivity index (χ0n) is 10.4. The zero-order valence-corrected chi connectivity index (χ0v) is 11.1. The normalized spacial score (nSPS) is 12.8. The number of halogens is 2. The van der Waals surface area contributed by atoms with Gasteiger partial charge >= 0.3 is 0 Å². The van der Waals surface area contributed by atoms with Gasteiger partial charge in [-0.25, -0.2) is 9.37 Å². The molecule has 3 nitrogen and oxygen atoms in total. The van der Waals surface area contributed by atoms with E-state index < -0.39 is 11.9 Å². The maximum Gasteiger partial charge on any atom is 0.198 e. The Morgan fingerprint density at radius 2 is 2.00 bits per heavy atom. The largest absolute Gasteiger partial charge is 0.441 e. The molecule has 5 heteroatoms. The lowest BCUT2D eigenvalue weighted by Crippen LogP contribution is -2.04. The summed E-state index contributed by atoms with van der Waals surface area (Å²) in [6.45, 7) is 0. The molecule has 0 radical (unpaired) electrons. The molecule has 3 aromatic rings. The third-order valence-corrected chi connectivity index (χ3v) is 3.34. The summed E-state index contributed by atoms with van der Waals surface area (Å²) in [6.07, 6.45) is -0.965. The Morgan fingerprint density at radius 1 is 1.20 bits per heavy atom. The Labute approximate surface area is 119 Å². The second-order valence-electron chi connectivity index (χ2n) is 4.44. The Kier molecular flexibility index (Phi) is 3.42. The lowest BCUT2D eigenvalue weighted by atomic mass is 10.1. The number of benzene rings is 2. The second-order valence-corrected chi connectivity index (χ2v) is 4.85. The maximum atomic E-state index is 13.8. The van der Waals surface area contributed by atoms with Crippen molar-refractivity contribution >= 4 is 22.7 Å². The predicted molar refractivity (Wildman–Crippen MR) is 74.1 cm³/mol. The standard InChI is InChI=1S/C15H11ClFNO2/c16-10-5-3-4-9(15(10)17)12(19)8-14-18-11-6-1-2-7-13(11)20-14/h1-7,12,19H,8H2. The third-order valence-electron chi connectivity index (χ3n) is 3.05. The van der Waals surface area contributed by atoms with Gasteiger partial charge in [-0.3, -0.25) is 0 Å². The molecule has 1 atom stereocenters. The average molecular weight is 292 g/mol. The molecule has 1 N–H and O–H groups in total. The maximum absolute atomic E-state index is 13.8. The number of aliphatic hydroxyl groups is 1. The lowest BCUT2D eigenvalue weighted by molar-refractivity contribution is 0.165. The number of hydrogen-bond acceptors (Lipinski definition) is 3. The van der Waals surface area contributed by atoms with Crippen LogP contribution in [0.25, 0.3) is 11.1 Å². The summed E-state index contributed by atoms with van der Waals surface area (Å²) in [4.78, 5) is 4.25. The van der Waals surface area contributed by atoms with Gasteiger partial charge in [0, 0.05) is 5.56 Å². The molecule has 1 aromatic heterocycles. The van der Waals surface area contributed by atoms with Crippen molar-refractivity contribution in [1.82, 2.24) is 4.98 Å². The highest BCUT2D eigenvalue weighted by Gasteiger charge is 2.18. The second kappa shape index (κ2) is 5.23. The number of para-hydroxylation sites is 2. The summed E-state index contributed by atoms with van der Waals surface area (Å²) in [5.74, 6) is -0.254. The Morgan fingerprint density at radius 3 is 2.80 bits per heavy atom. The Bertz CT molecular complexity index is 723. The molecule has 0 bridgehead atoms. The molecule has 0 amide bonds. The van der Waals surface area contributed by atoms with Crippen molar-refractivity contribution in [3.05, 3.63) is 64.8 Å². The van der Waals surface area contributed by atoms with E-state index in [1.807, 2.05) is 18.2 Å². The van der Waals surface area contributed by atoms with Crippen molar-refractivity contribution in [3.63, 3.8) is 0 Å². The molecule has 0 aliphatic carbocycles. The highest BCUT2D eigenvalue weighted by atomic mass is 35.5. The van der Waals surface area contributed by atoms with Crippen molar-refractivity contribution in [1.29, 1.82) is 0 Å². The van der Waals surface area contributed by atoms with Crippen molar-refractivity contribution in [2.24, 2.45) is 0 Å². The van der Waals surface area contributed by atoms with Gasteiger partial charge in [0.1, 0.15) is 11.3 Å². The summed E-state index contributed by atoms with van der Waals surface area (Å²) in [5.41, 5.74) is 1.49. The number of aromatic nitrogens is 1. The summed E-state index contributed by atoms with van der Waals surface area (Å²) >= 11 is 5.70. The Hall–Kier alpha value is -1.91. The SMILES string of the molecule is OC(Cc1nc2ccccc2o1)c1cccc(Cl)c1F. The highest BCUT2D eigenvalue weighted by molar-refractivity contribution is 6.30. The van der Waals surface area contributed by atoms with E-state index in [0.717, 1.165) is 0 Å². The van der Waals surface area contributed by atoms with Crippen LogP contribution in [0.1, 0.15) is 17.6 Å². The minimum Gasteiger partial charge on any atom is -0.441 e. The number of fused-ring (bicyclic) bond motifs is 1. The van der Waals surface area contributed by atoms with E-state index in [2.05, 4.69) is 4.98 Å². The molecule has 0 saturated carbocycles. The van der Waals surface area contributed by atoms with Crippen LogP contribution in [0.15, 0.2) is 46.9 Å². The summed E-state index contributed by atoms with van der Waals surface area (Å²) in [5, 5.41) is 10.1. The number of rotatable bonds is 3. The quantitative estimate of drug-likeness (QED) is 0.796. The molecular weight excluding hydrogens is 281 g/mol. The molecule has 0 fully saturated rings. The van der Waals surface area contributed by atoms with Gasteiger partial charge in [-0.2, -0.15) is 0 Å². The molecule has 1 heterocycles. The summed E-state index contributed by atoms with van der Waals surface area (Å²) < 4.78 is 19.3. The molecule has 3 rings (SSSR count). The topological polar surface area (TPSA) is 46.3 Å². The van der Waals surface area contributed by atoms with Gasteiger partial charge in [-0.15, -0.1) is 0 Å². The molecular formula is C15H11ClFNO2. The first-order valence-corrected chi connectivity index (χ1v) is 6.49. The van der Waals surface area contributed by atoms with Gasteiger partial charge in [0.15, 0.2) is 11.5 Å². The van der Waals surface area contributed by atoms with Crippen LogP contribution in [0, 0.1) is 5.82 Å². The molecule has 20 heavy (non-hydrogen) atoms. The highest BCUT2D eigenvalue weighted by Crippen LogP contribution is 2.26. The van der Waals surface area contributed by atoms with Crippen LogP contribution >= 0.6 is 11.6 Å². The Balaban J connectivity index is 1.88. The number of aliphatic hydroxyl groups excluding tert-OH is 1. The van der Waals surface area contributed by atoms with E-state index >= 15 is 0 Å². The molecule has 102 valence electrons. The molecule has 0 spiro atoms. The fraction of sp³-hybridized carbons (Fsp3) is 0.133. The van der Waals surface area contributed by atoms with Gasteiger partial charge in [0.25, 0.3) is 0 Å². The van der Waals surface area contributed by atoms with Gasteiger partial charge in [0.05, 0.1) is 17.5 Å². The monoisotopic (exact) mass is 291 g/mol. The molecule has 0 aliphatic heterocycles. The van der Waals surface area contributed by atoms with Crippen LogP contribution < -0.4 is 0 Å². The van der Waals surface area contributed by atoms with Gasteiger partial charge in [0.2, 0.25) is 0 Å². The molecule has 1 unspecified atom stereocenters. The fourth-order valence-electron chi connectivity index (χ4n) is 2.06.